The lowest BCUT2D eigenvalue weighted by Gasteiger charge is -2.19. The Morgan fingerprint density at radius 3 is 2.95 bits per heavy atom. The summed E-state index contributed by atoms with van der Waals surface area (Å²) >= 11 is 5.91. The number of nitrogens with zero attached hydrogens (tertiary/aromatic N) is 2. The van der Waals surface area contributed by atoms with Crippen LogP contribution in [-0.2, 0) is 17.8 Å². The monoisotopic (exact) mass is 292 g/mol. The van der Waals surface area contributed by atoms with E-state index in [1.807, 2.05) is 0 Å². The SMILES string of the molecule is NNc1nc(-c2ccc(O)c(Cl)c2)nc2c1COCC2. The molecule has 1 aromatic carbocycles. The lowest BCUT2D eigenvalue weighted by atomic mass is 10.1. The van der Waals surface area contributed by atoms with Gasteiger partial charge in [0.2, 0.25) is 0 Å². The number of rotatable bonds is 2. The van der Waals surface area contributed by atoms with Crippen LogP contribution in [0.15, 0.2) is 18.2 Å². The molecule has 0 spiro atoms. The van der Waals surface area contributed by atoms with Crippen molar-refractivity contribution in [1.29, 1.82) is 0 Å². The van der Waals surface area contributed by atoms with Crippen LogP contribution in [0.4, 0.5) is 5.82 Å². The van der Waals surface area contributed by atoms with Crippen LogP contribution in [-0.4, -0.2) is 21.7 Å². The highest BCUT2D eigenvalue weighted by Crippen LogP contribution is 2.30. The van der Waals surface area contributed by atoms with Gasteiger partial charge in [0.25, 0.3) is 0 Å². The summed E-state index contributed by atoms with van der Waals surface area (Å²) < 4.78 is 5.39. The van der Waals surface area contributed by atoms with Crippen LogP contribution in [0.1, 0.15) is 11.3 Å². The molecular weight excluding hydrogens is 280 g/mol. The molecule has 0 amide bonds. The number of aromatic nitrogens is 2. The maximum absolute atomic E-state index is 9.46. The van der Waals surface area contributed by atoms with Gasteiger partial charge in [-0.3, -0.25) is 0 Å². The third-order valence-electron chi connectivity index (χ3n) is 3.16. The summed E-state index contributed by atoms with van der Waals surface area (Å²) in [7, 11) is 0. The van der Waals surface area contributed by atoms with Gasteiger partial charge in [0, 0.05) is 17.5 Å². The number of hydrogen-bond donors (Lipinski definition) is 3. The number of halogens is 1. The van der Waals surface area contributed by atoms with E-state index < -0.39 is 0 Å². The fourth-order valence-corrected chi connectivity index (χ4v) is 2.31. The van der Waals surface area contributed by atoms with E-state index in [1.165, 1.54) is 6.07 Å². The van der Waals surface area contributed by atoms with Crippen molar-refractivity contribution in [1.82, 2.24) is 9.97 Å². The maximum Gasteiger partial charge on any atom is 0.161 e. The fraction of sp³-hybridized carbons (Fsp3) is 0.231. The van der Waals surface area contributed by atoms with E-state index in [0.717, 1.165) is 16.8 Å². The first kappa shape index (κ1) is 13.1. The van der Waals surface area contributed by atoms with Crippen LogP contribution in [0, 0.1) is 0 Å². The van der Waals surface area contributed by atoms with Crippen molar-refractivity contribution in [3.8, 4) is 17.1 Å². The first-order valence-corrected chi connectivity index (χ1v) is 6.50. The molecule has 0 fully saturated rings. The number of nitrogen functional groups attached to an aromatic ring is 1. The van der Waals surface area contributed by atoms with Crippen molar-refractivity contribution in [3.05, 3.63) is 34.5 Å². The number of aromatic hydroxyl groups is 1. The first-order valence-electron chi connectivity index (χ1n) is 6.12. The number of nitrogens with two attached hydrogens (primary N) is 1. The molecule has 6 nitrogen and oxygen atoms in total. The molecule has 1 aromatic heterocycles. The fourth-order valence-electron chi connectivity index (χ4n) is 2.13. The van der Waals surface area contributed by atoms with Crippen LogP contribution in [0.25, 0.3) is 11.4 Å². The van der Waals surface area contributed by atoms with Gasteiger partial charge in [-0.25, -0.2) is 15.8 Å². The van der Waals surface area contributed by atoms with Gasteiger partial charge in [-0.2, -0.15) is 0 Å². The van der Waals surface area contributed by atoms with E-state index >= 15 is 0 Å². The highest BCUT2D eigenvalue weighted by molar-refractivity contribution is 6.32. The highest BCUT2D eigenvalue weighted by Gasteiger charge is 2.18. The Bertz CT molecular complexity index is 646. The summed E-state index contributed by atoms with van der Waals surface area (Å²) in [6.45, 7) is 1.08. The van der Waals surface area contributed by atoms with Crippen molar-refractivity contribution in [2.45, 2.75) is 13.0 Å². The minimum absolute atomic E-state index is 0.0268. The van der Waals surface area contributed by atoms with Gasteiger partial charge in [0.05, 0.1) is 23.9 Å². The number of fused-ring (bicyclic) bond motifs is 1. The predicted octanol–water partition coefficient (Wildman–Crippen LogP) is 1.86. The molecule has 0 aliphatic carbocycles. The Labute approximate surface area is 120 Å². The van der Waals surface area contributed by atoms with Crippen molar-refractivity contribution in [3.63, 3.8) is 0 Å². The molecule has 4 N–H and O–H groups in total. The number of nitrogens with one attached hydrogen (secondary N) is 1. The van der Waals surface area contributed by atoms with E-state index in [-0.39, 0.29) is 10.8 Å². The molecule has 0 radical (unpaired) electrons. The average molecular weight is 293 g/mol. The summed E-state index contributed by atoms with van der Waals surface area (Å²) in [6, 6.07) is 4.85. The Morgan fingerprint density at radius 1 is 1.35 bits per heavy atom. The number of benzene rings is 1. The van der Waals surface area contributed by atoms with Crippen molar-refractivity contribution in [2.75, 3.05) is 12.0 Å². The number of phenols is 1. The number of hydrogen-bond acceptors (Lipinski definition) is 6. The van der Waals surface area contributed by atoms with Crippen LogP contribution < -0.4 is 11.3 Å². The third-order valence-corrected chi connectivity index (χ3v) is 3.47. The van der Waals surface area contributed by atoms with Gasteiger partial charge in [0.1, 0.15) is 11.6 Å². The topological polar surface area (TPSA) is 93.3 Å². The quantitative estimate of drug-likeness (QED) is 0.578. The summed E-state index contributed by atoms with van der Waals surface area (Å²) in [5.74, 6) is 6.60. The predicted molar refractivity (Wildman–Crippen MR) is 75.3 cm³/mol. The smallest absolute Gasteiger partial charge is 0.161 e. The molecule has 3 rings (SSSR count). The third kappa shape index (κ3) is 2.29. The molecule has 1 aliphatic rings. The van der Waals surface area contributed by atoms with Gasteiger partial charge < -0.3 is 15.3 Å². The molecule has 0 saturated heterocycles. The van der Waals surface area contributed by atoms with Gasteiger partial charge >= 0.3 is 0 Å². The Kier molecular flexibility index (Phi) is 3.43. The summed E-state index contributed by atoms with van der Waals surface area (Å²) in [4.78, 5) is 8.91. The Balaban J connectivity index is 2.11. The number of phenolic OH excluding ortho intramolecular Hbond substituents is 1. The number of anilines is 1. The van der Waals surface area contributed by atoms with Crippen molar-refractivity contribution < 1.29 is 9.84 Å². The van der Waals surface area contributed by atoms with E-state index in [9.17, 15) is 5.11 Å². The summed E-state index contributed by atoms with van der Waals surface area (Å²) in [6.07, 6.45) is 0.714. The zero-order valence-corrected chi connectivity index (χ0v) is 11.3. The molecule has 0 saturated carbocycles. The number of hydrazine groups is 1. The van der Waals surface area contributed by atoms with Crippen LogP contribution >= 0.6 is 11.6 Å². The van der Waals surface area contributed by atoms with E-state index in [0.29, 0.717) is 31.3 Å². The molecule has 0 unspecified atom stereocenters. The normalized spacial score (nSPS) is 13.9. The molecule has 104 valence electrons. The minimum atomic E-state index is 0.0268. The van der Waals surface area contributed by atoms with E-state index in [2.05, 4.69) is 15.4 Å². The van der Waals surface area contributed by atoms with Gasteiger partial charge in [0.15, 0.2) is 5.82 Å². The minimum Gasteiger partial charge on any atom is -0.506 e. The number of ether oxygens (including phenoxy) is 1. The second-order valence-electron chi connectivity index (χ2n) is 4.43. The Hall–Kier alpha value is -1.89. The van der Waals surface area contributed by atoms with Crippen LogP contribution in [0.5, 0.6) is 5.75 Å². The Morgan fingerprint density at radius 2 is 2.20 bits per heavy atom. The first-order chi connectivity index (χ1) is 9.69. The molecule has 7 heteroatoms. The second kappa shape index (κ2) is 5.24. The van der Waals surface area contributed by atoms with E-state index in [1.54, 1.807) is 12.1 Å². The maximum atomic E-state index is 9.46. The largest absolute Gasteiger partial charge is 0.506 e. The zero-order valence-electron chi connectivity index (χ0n) is 10.6. The van der Waals surface area contributed by atoms with Gasteiger partial charge in [-0.1, -0.05) is 11.6 Å². The van der Waals surface area contributed by atoms with Crippen molar-refractivity contribution >= 4 is 17.4 Å². The summed E-state index contributed by atoms with van der Waals surface area (Å²) in [5, 5.41) is 9.72. The molecule has 0 bridgehead atoms. The molecule has 2 aromatic rings. The molecule has 1 aliphatic heterocycles. The zero-order chi connectivity index (χ0) is 14.1. The molecule has 2 heterocycles. The van der Waals surface area contributed by atoms with Crippen LogP contribution in [0.2, 0.25) is 5.02 Å². The lowest BCUT2D eigenvalue weighted by molar-refractivity contribution is 0.109. The van der Waals surface area contributed by atoms with Crippen molar-refractivity contribution in [2.24, 2.45) is 5.84 Å². The van der Waals surface area contributed by atoms with E-state index in [4.69, 9.17) is 22.2 Å². The molecular formula is C13H13ClN4O2. The van der Waals surface area contributed by atoms with Gasteiger partial charge in [-0.05, 0) is 18.2 Å². The lowest BCUT2D eigenvalue weighted by Crippen LogP contribution is -2.19. The van der Waals surface area contributed by atoms with Gasteiger partial charge in [-0.15, -0.1) is 0 Å². The second-order valence-corrected chi connectivity index (χ2v) is 4.84. The summed E-state index contributed by atoms with van der Waals surface area (Å²) in [5.41, 5.74) is 5.10. The highest BCUT2D eigenvalue weighted by atomic mass is 35.5. The standard InChI is InChI=1S/C13H13ClN4O2/c14-9-5-7(1-2-11(9)19)12-16-10-3-4-20-6-8(10)13(17-12)18-15/h1-2,5,19H,3-4,6,15H2,(H,16,17,18). The molecule has 0 atom stereocenters. The molecule has 20 heavy (non-hydrogen) atoms. The van der Waals surface area contributed by atoms with Crippen LogP contribution in [0.3, 0.4) is 0 Å². The average Bonchev–Trinajstić information content (AvgIpc) is 2.49.